The van der Waals surface area contributed by atoms with Crippen LogP contribution in [-0.4, -0.2) is 29.3 Å². The first-order valence-corrected chi connectivity index (χ1v) is 8.86. The second kappa shape index (κ2) is 8.05. The highest BCUT2D eigenvalue weighted by molar-refractivity contribution is 8.18. The molecular weight excluding hydrogens is 355 g/mol. The predicted octanol–water partition coefficient (Wildman–Crippen LogP) is 4.33. The van der Waals surface area contributed by atoms with E-state index in [-0.39, 0.29) is 23.6 Å². The fourth-order valence-electron chi connectivity index (χ4n) is 2.40. The number of benzene rings is 2. The Bertz CT molecular complexity index is 852. The predicted molar refractivity (Wildman–Crippen MR) is 100 cm³/mol. The molecule has 3 rings (SSSR count). The lowest BCUT2D eigenvalue weighted by Crippen LogP contribution is -2.33. The molecule has 0 radical (unpaired) electrons. The fourth-order valence-corrected chi connectivity index (χ4v) is 3.23. The van der Waals surface area contributed by atoms with Crippen molar-refractivity contribution in [2.24, 2.45) is 0 Å². The summed E-state index contributed by atoms with van der Waals surface area (Å²) in [5, 5.41) is 2.59. The molecular formula is C19H17FN2O3S. The minimum Gasteiger partial charge on any atom is -0.493 e. The third-order valence-corrected chi connectivity index (χ3v) is 4.57. The van der Waals surface area contributed by atoms with Gasteiger partial charge in [-0.2, -0.15) is 0 Å². The number of nitrogens with one attached hydrogen (secondary N) is 1. The van der Waals surface area contributed by atoms with Gasteiger partial charge in [0, 0.05) is 11.3 Å². The van der Waals surface area contributed by atoms with Crippen LogP contribution in [0.4, 0.5) is 14.9 Å². The van der Waals surface area contributed by atoms with Gasteiger partial charge >= 0.3 is 0 Å². The molecule has 0 aliphatic carbocycles. The van der Waals surface area contributed by atoms with Crippen molar-refractivity contribution in [2.75, 3.05) is 18.6 Å². The van der Waals surface area contributed by atoms with Crippen LogP contribution in [0.15, 0.2) is 53.4 Å². The molecule has 2 aromatic rings. The maximum absolute atomic E-state index is 12.9. The maximum atomic E-state index is 12.9. The third-order valence-electron chi connectivity index (χ3n) is 3.66. The van der Waals surface area contributed by atoms with Crippen LogP contribution in [0, 0.1) is 5.82 Å². The van der Waals surface area contributed by atoms with Crippen molar-refractivity contribution in [3.8, 4) is 5.75 Å². The maximum Gasteiger partial charge on any atom is 0.295 e. The van der Waals surface area contributed by atoms with E-state index in [1.165, 1.54) is 12.1 Å². The van der Waals surface area contributed by atoms with Gasteiger partial charge < -0.3 is 10.1 Å². The summed E-state index contributed by atoms with van der Waals surface area (Å²) in [4.78, 5) is 26.2. The lowest BCUT2D eigenvalue weighted by Gasteiger charge is -2.14. The molecule has 1 N–H and O–H groups in total. The van der Waals surface area contributed by atoms with Crippen LogP contribution in [0.5, 0.6) is 5.75 Å². The van der Waals surface area contributed by atoms with Crippen molar-refractivity contribution >= 4 is 34.7 Å². The zero-order valence-electron chi connectivity index (χ0n) is 14.1. The Labute approximate surface area is 154 Å². The number of thioether (sulfide) groups is 1. The molecule has 0 spiro atoms. The van der Waals surface area contributed by atoms with Crippen LogP contribution in [0.25, 0.3) is 6.08 Å². The first-order chi connectivity index (χ1) is 12.6. The largest absolute Gasteiger partial charge is 0.493 e. The fraction of sp³-hybridized carbons (Fsp3) is 0.158. The van der Waals surface area contributed by atoms with Gasteiger partial charge in [0.25, 0.3) is 11.1 Å². The normalized spacial score (nSPS) is 15.6. The number of halogens is 1. The van der Waals surface area contributed by atoms with E-state index in [4.69, 9.17) is 4.74 Å². The van der Waals surface area contributed by atoms with E-state index in [0.29, 0.717) is 22.9 Å². The lowest BCUT2D eigenvalue weighted by molar-refractivity contribution is -0.122. The number of anilines is 1. The van der Waals surface area contributed by atoms with Gasteiger partial charge in [-0.15, -0.1) is 0 Å². The second-order valence-electron chi connectivity index (χ2n) is 5.42. The van der Waals surface area contributed by atoms with Crippen molar-refractivity contribution in [3.05, 3.63) is 64.8 Å². The summed E-state index contributed by atoms with van der Waals surface area (Å²) in [6.07, 6.45) is 1.66. The van der Waals surface area contributed by atoms with Gasteiger partial charge in [-0.05, 0) is 55.1 Å². The van der Waals surface area contributed by atoms with E-state index in [1.54, 1.807) is 18.2 Å². The zero-order chi connectivity index (χ0) is 18.5. The molecule has 1 aliphatic heterocycles. The van der Waals surface area contributed by atoms with Gasteiger partial charge in [0.15, 0.2) is 0 Å². The number of hydrogen-bond donors (Lipinski definition) is 1. The Morgan fingerprint density at radius 1 is 1.15 bits per heavy atom. The van der Waals surface area contributed by atoms with Crippen LogP contribution in [-0.2, 0) is 4.79 Å². The van der Waals surface area contributed by atoms with E-state index >= 15 is 0 Å². The first kappa shape index (κ1) is 18.0. The molecule has 2 aromatic carbocycles. The third kappa shape index (κ3) is 4.05. The lowest BCUT2D eigenvalue weighted by atomic mass is 10.2. The number of carbonyl (C=O) groups is 2. The Balaban J connectivity index is 1.73. The van der Waals surface area contributed by atoms with Gasteiger partial charge in [0.2, 0.25) is 0 Å². The molecule has 134 valence electrons. The summed E-state index contributed by atoms with van der Waals surface area (Å²) in [6.45, 7) is 2.40. The SMILES string of the molecule is CCOc1ccccc1/C=C1\SC(=O)N(CNc2ccc(F)cc2)C1=O. The standard InChI is InChI=1S/C19H17FN2O3S/c1-2-25-16-6-4-3-5-13(16)11-17-18(23)22(19(24)26-17)12-21-15-9-7-14(20)8-10-15/h3-11,21H,2,12H2,1H3/b17-11-. The second-order valence-corrected chi connectivity index (χ2v) is 6.42. The number of nitrogens with zero attached hydrogens (tertiary/aromatic N) is 1. The number of amides is 2. The van der Waals surface area contributed by atoms with Gasteiger partial charge in [-0.1, -0.05) is 18.2 Å². The average Bonchev–Trinajstić information content (AvgIpc) is 2.90. The number of hydrogen-bond acceptors (Lipinski definition) is 5. The molecule has 1 fully saturated rings. The van der Waals surface area contributed by atoms with Gasteiger partial charge in [0.1, 0.15) is 11.6 Å². The number of para-hydroxylation sites is 1. The smallest absolute Gasteiger partial charge is 0.295 e. The van der Waals surface area contributed by atoms with E-state index in [0.717, 1.165) is 22.2 Å². The van der Waals surface area contributed by atoms with Crippen LogP contribution in [0.2, 0.25) is 0 Å². The van der Waals surface area contributed by atoms with E-state index in [1.807, 2.05) is 31.2 Å². The molecule has 0 saturated carbocycles. The molecule has 5 nitrogen and oxygen atoms in total. The monoisotopic (exact) mass is 372 g/mol. The van der Waals surface area contributed by atoms with Crippen molar-refractivity contribution in [3.63, 3.8) is 0 Å². The first-order valence-electron chi connectivity index (χ1n) is 8.05. The molecule has 1 saturated heterocycles. The van der Waals surface area contributed by atoms with Crippen molar-refractivity contribution in [1.82, 2.24) is 4.90 Å². The number of imide groups is 1. The zero-order valence-corrected chi connectivity index (χ0v) is 14.9. The average molecular weight is 372 g/mol. The molecule has 0 bridgehead atoms. The number of rotatable bonds is 6. The number of carbonyl (C=O) groups excluding carboxylic acids is 2. The summed E-state index contributed by atoms with van der Waals surface area (Å²) >= 11 is 0.884. The van der Waals surface area contributed by atoms with Crippen LogP contribution in [0.1, 0.15) is 12.5 Å². The number of ether oxygens (including phenoxy) is 1. The van der Waals surface area contributed by atoms with E-state index in [9.17, 15) is 14.0 Å². The van der Waals surface area contributed by atoms with Gasteiger partial charge in [-0.3, -0.25) is 14.5 Å². The molecule has 1 aliphatic rings. The summed E-state index contributed by atoms with van der Waals surface area (Å²) in [5.41, 5.74) is 1.36. The van der Waals surface area contributed by atoms with E-state index in [2.05, 4.69) is 5.32 Å². The van der Waals surface area contributed by atoms with Crippen LogP contribution < -0.4 is 10.1 Å². The Morgan fingerprint density at radius 3 is 2.62 bits per heavy atom. The Morgan fingerprint density at radius 2 is 1.88 bits per heavy atom. The Hall–Kier alpha value is -2.80. The van der Waals surface area contributed by atoms with Crippen molar-refractivity contribution in [2.45, 2.75) is 6.92 Å². The highest BCUT2D eigenvalue weighted by atomic mass is 32.2. The van der Waals surface area contributed by atoms with E-state index < -0.39 is 0 Å². The summed E-state index contributed by atoms with van der Waals surface area (Å²) < 4.78 is 18.5. The molecule has 0 aromatic heterocycles. The topological polar surface area (TPSA) is 58.6 Å². The van der Waals surface area contributed by atoms with Crippen molar-refractivity contribution in [1.29, 1.82) is 0 Å². The summed E-state index contributed by atoms with van der Waals surface area (Å²) in [7, 11) is 0. The quantitative estimate of drug-likeness (QED) is 0.765. The molecule has 0 atom stereocenters. The molecule has 0 unspecified atom stereocenters. The highest BCUT2D eigenvalue weighted by Gasteiger charge is 2.35. The molecule has 26 heavy (non-hydrogen) atoms. The van der Waals surface area contributed by atoms with Gasteiger partial charge in [0.05, 0.1) is 18.2 Å². The van der Waals surface area contributed by atoms with Crippen LogP contribution >= 0.6 is 11.8 Å². The van der Waals surface area contributed by atoms with Crippen molar-refractivity contribution < 1.29 is 18.7 Å². The summed E-state index contributed by atoms with van der Waals surface area (Å²) in [6, 6.07) is 13.0. The Kier molecular flexibility index (Phi) is 5.58. The summed E-state index contributed by atoms with van der Waals surface area (Å²) in [5.74, 6) is -0.0650. The molecule has 1 heterocycles. The van der Waals surface area contributed by atoms with Crippen LogP contribution in [0.3, 0.4) is 0 Å². The molecule has 7 heteroatoms. The van der Waals surface area contributed by atoms with Gasteiger partial charge in [-0.25, -0.2) is 4.39 Å². The molecule has 2 amide bonds. The highest BCUT2D eigenvalue weighted by Crippen LogP contribution is 2.33. The minimum absolute atomic E-state index is 0.0146. The minimum atomic E-state index is -0.374.